The van der Waals surface area contributed by atoms with Crippen LogP contribution in [0.4, 0.5) is 0 Å². The molecule has 11 heavy (non-hydrogen) atoms. The van der Waals surface area contributed by atoms with Crippen molar-refractivity contribution in [2.24, 2.45) is 5.92 Å². The maximum absolute atomic E-state index is 3.49. The number of rotatable bonds is 3. The van der Waals surface area contributed by atoms with Crippen molar-refractivity contribution in [3.05, 3.63) is 0 Å². The molecule has 0 saturated carbocycles. The summed E-state index contributed by atoms with van der Waals surface area (Å²) < 4.78 is 0. The molecule has 0 bridgehead atoms. The summed E-state index contributed by atoms with van der Waals surface area (Å²) in [6.45, 7) is 5.83. The average Bonchev–Trinajstić information content (AvgIpc) is 2.01. The first-order chi connectivity index (χ1) is 5.33. The minimum atomic E-state index is 0.769. The largest absolute Gasteiger partial charge is 0.314 e. The van der Waals surface area contributed by atoms with Crippen molar-refractivity contribution in [3.8, 4) is 0 Å². The van der Waals surface area contributed by atoms with Gasteiger partial charge in [0, 0.05) is 6.04 Å². The molecule has 1 nitrogen and oxygen atoms in total. The second kappa shape index (κ2) is 4.76. The van der Waals surface area contributed by atoms with Crippen LogP contribution < -0.4 is 5.32 Å². The van der Waals surface area contributed by atoms with E-state index in [0.29, 0.717) is 0 Å². The molecule has 0 aliphatic carbocycles. The summed E-state index contributed by atoms with van der Waals surface area (Å²) in [6, 6.07) is 0.769. The van der Waals surface area contributed by atoms with E-state index in [1.54, 1.807) is 0 Å². The lowest BCUT2D eigenvalue weighted by Crippen LogP contribution is -2.35. The first kappa shape index (κ1) is 9.05. The Morgan fingerprint density at radius 2 is 2.27 bits per heavy atom. The lowest BCUT2D eigenvalue weighted by atomic mass is 9.89. The molecule has 0 aromatic carbocycles. The number of hydrogen-bond donors (Lipinski definition) is 1. The smallest absolute Gasteiger partial charge is 0.00413 e. The van der Waals surface area contributed by atoms with Crippen LogP contribution in [0.15, 0.2) is 0 Å². The second-order valence-corrected chi connectivity index (χ2v) is 3.89. The van der Waals surface area contributed by atoms with Crippen LogP contribution in [-0.4, -0.2) is 12.6 Å². The van der Waals surface area contributed by atoms with E-state index in [0.717, 1.165) is 12.0 Å². The standard InChI is InChI=1S/C10H21N/c1-3-4-5-10-6-7-11-9(2)8-10/h9-11H,3-8H2,1-2H3. The van der Waals surface area contributed by atoms with Gasteiger partial charge in [0.25, 0.3) is 0 Å². The van der Waals surface area contributed by atoms with Gasteiger partial charge in [-0.1, -0.05) is 26.2 Å². The van der Waals surface area contributed by atoms with Gasteiger partial charge in [-0.05, 0) is 32.2 Å². The van der Waals surface area contributed by atoms with Crippen molar-refractivity contribution in [3.63, 3.8) is 0 Å². The predicted molar refractivity (Wildman–Crippen MR) is 49.7 cm³/mol. The number of unbranched alkanes of at least 4 members (excludes halogenated alkanes) is 1. The van der Waals surface area contributed by atoms with Gasteiger partial charge in [-0.15, -0.1) is 0 Å². The Morgan fingerprint density at radius 1 is 1.45 bits per heavy atom. The SMILES string of the molecule is CCCCC1CCNC(C)C1. The van der Waals surface area contributed by atoms with Crippen molar-refractivity contribution in [2.75, 3.05) is 6.54 Å². The van der Waals surface area contributed by atoms with Crippen molar-refractivity contribution < 1.29 is 0 Å². The van der Waals surface area contributed by atoms with E-state index in [9.17, 15) is 0 Å². The van der Waals surface area contributed by atoms with Crippen LogP contribution >= 0.6 is 0 Å². The Labute approximate surface area is 70.6 Å². The first-order valence-corrected chi connectivity index (χ1v) is 5.06. The van der Waals surface area contributed by atoms with E-state index in [-0.39, 0.29) is 0 Å². The zero-order valence-electron chi connectivity index (χ0n) is 7.90. The molecule has 2 atom stereocenters. The van der Waals surface area contributed by atoms with Gasteiger partial charge in [-0.3, -0.25) is 0 Å². The lowest BCUT2D eigenvalue weighted by Gasteiger charge is -2.27. The summed E-state index contributed by atoms with van der Waals surface area (Å²) >= 11 is 0. The Kier molecular flexibility index (Phi) is 3.92. The highest BCUT2D eigenvalue weighted by Gasteiger charge is 2.16. The Bertz CT molecular complexity index is 101. The molecule has 0 aromatic rings. The maximum Gasteiger partial charge on any atom is 0.00413 e. The molecular formula is C10H21N. The fourth-order valence-electron chi connectivity index (χ4n) is 1.99. The molecule has 1 saturated heterocycles. The molecule has 1 heteroatoms. The summed E-state index contributed by atoms with van der Waals surface area (Å²) in [6.07, 6.45) is 7.06. The van der Waals surface area contributed by atoms with Crippen LogP contribution in [0.2, 0.25) is 0 Å². The Hall–Kier alpha value is -0.0400. The molecule has 0 radical (unpaired) electrons. The molecule has 66 valence electrons. The average molecular weight is 155 g/mol. The number of nitrogens with one attached hydrogen (secondary N) is 1. The van der Waals surface area contributed by atoms with Crippen molar-refractivity contribution >= 4 is 0 Å². The van der Waals surface area contributed by atoms with Gasteiger partial charge in [-0.2, -0.15) is 0 Å². The quantitative estimate of drug-likeness (QED) is 0.660. The Morgan fingerprint density at radius 3 is 2.91 bits per heavy atom. The van der Waals surface area contributed by atoms with E-state index in [1.165, 1.54) is 38.6 Å². The van der Waals surface area contributed by atoms with Gasteiger partial charge in [0.15, 0.2) is 0 Å². The van der Waals surface area contributed by atoms with Crippen LogP contribution in [0.5, 0.6) is 0 Å². The Balaban J connectivity index is 2.12. The third kappa shape index (κ3) is 3.24. The second-order valence-electron chi connectivity index (χ2n) is 3.89. The minimum Gasteiger partial charge on any atom is -0.314 e. The molecule has 0 aromatic heterocycles. The van der Waals surface area contributed by atoms with E-state index in [4.69, 9.17) is 0 Å². The predicted octanol–water partition coefficient (Wildman–Crippen LogP) is 2.56. The van der Waals surface area contributed by atoms with Crippen LogP contribution in [0.1, 0.15) is 46.0 Å². The molecule has 1 heterocycles. The van der Waals surface area contributed by atoms with Crippen molar-refractivity contribution in [1.82, 2.24) is 5.32 Å². The van der Waals surface area contributed by atoms with E-state index in [2.05, 4.69) is 19.2 Å². The lowest BCUT2D eigenvalue weighted by molar-refractivity contribution is 0.295. The summed E-state index contributed by atoms with van der Waals surface area (Å²) in [4.78, 5) is 0. The molecule has 1 N–H and O–H groups in total. The maximum atomic E-state index is 3.49. The minimum absolute atomic E-state index is 0.769. The topological polar surface area (TPSA) is 12.0 Å². The third-order valence-electron chi connectivity index (χ3n) is 2.70. The zero-order valence-corrected chi connectivity index (χ0v) is 7.90. The fraction of sp³-hybridized carbons (Fsp3) is 1.00. The van der Waals surface area contributed by atoms with Gasteiger partial charge < -0.3 is 5.32 Å². The van der Waals surface area contributed by atoms with Crippen LogP contribution in [0, 0.1) is 5.92 Å². The fourth-order valence-corrected chi connectivity index (χ4v) is 1.99. The zero-order chi connectivity index (χ0) is 8.10. The summed E-state index contributed by atoms with van der Waals surface area (Å²) in [5, 5.41) is 3.49. The van der Waals surface area contributed by atoms with Gasteiger partial charge in [0.1, 0.15) is 0 Å². The molecule has 1 fully saturated rings. The van der Waals surface area contributed by atoms with E-state index < -0.39 is 0 Å². The molecule has 0 amide bonds. The summed E-state index contributed by atoms with van der Waals surface area (Å²) in [5.41, 5.74) is 0. The molecular weight excluding hydrogens is 134 g/mol. The molecule has 1 rings (SSSR count). The van der Waals surface area contributed by atoms with Crippen LogP contribution in [0.25, 0.3) is 0 Å². The van der Waals surface area contributed by atoms with E-state index in [1.807, 2.05) is 0 Å². The molecule has 1 aliphatic heterocycles. The molecule has 2 unspecified atom stereocenters. The highest BCUT2D eigenvalue weighted by molar-refractivity contribution is 4.74. The first-order valence-electron chi connectivity index (χ1n) is 5.06. The third-order valence-corrected chi connectivity index (χ3v) is 2.70. The van der Waals surface area contributed by atoms with Crippen molar-refractivity contribution in [1.29, 1.82) is 0 Å². The normalized spacial score (nSPS) is 32.2. The molecule has 0 spiro atoms. The van der Waals surface area contributed by atoms with Gasteiger partial charge in [0.05, 0.1) is 0 Å². The summed E-state index contributed by atoms with van der Waals surface area (Å²) in [7, 11) is 0. The number of hydrogen-bond acceptors (Lipinski definition) is 1. The summed E-state index contributed by atoms with van der Waals surface area (Å²) in [5.74, 6) is 1.02. The highest BCUT2D eigenvalue weighted by Crippen LogP contribution is 2.21. The van der Waals surface area contributed by atoms with Gasteiger partial charge in [0.2, 0.25) is 0 Å². The van der Waals surface area contributed by atoms with Gasteiger partial charge in [-0.25, -0.2) is 0 Å². The molecule has 1 aliphatic rings. The van der Waals surface area contributed by atoms with Gasteiger partial charge >= 0.3 is 0 Å². The van der Waals surface area contributed by atoms with Crippen LogP contribution in [0.3, 0.4) is 0 Å². The monoisotopic (exact) mass is 155 g/mol. The van der Waals surface area contributed by atoms with Crippen molar-refractivity contribution in [2.45, 2.75) is 52.0 Å². The highest BCUT2D eigenvalue weighted by atomic mass is 14.9. The van der Waals surface area contributed by atoms with Crippen LogP contribution in [-0.2, 0) is 0 Å². The van der Waals surface area contributed by atoms with E-state index >= 15 is 0 Å². The number of piperidine rings is 1.